The summed E-state index contributed by atoms with van der Waals surface area (Å²) in [5.41, 5.74) is 0. The largest absolute Gasteiger partial charge is 0.327 e. The summed E-state index contributed by atoms with van der Waals surface area (Å²) in [5.74, 6) is -3.23. The molecule has 1 heterocycles. The van der Waals surface area contributed by atoms with Gasteiger partial charge < -0.3 is 9.05 Å². The lowest BCUT2D eigenvalue weighted by Crippen LogP contribution is -2.25. The highest BCUT2D eigenvalue weighted by Crippen LogP contribution is 2.85. The molecule has 0 aromatic heterocycles. The molecule has 33 heavy (non-hydrogen) atoms. The van der Waals surface area contributed by atoms with E-state index in [4.69, 9.17) is 47.3 Å². The van der Waals surface area contributed by atoms with Gasteiger partial charge in [0, 0.05) is 30.1 Å². The fraction of sp³-hybridized carbons (Fsp3) is 0.100. The zero-order valence-electron chi connectivity index (χ0n) is 17.7. The van der Waals surface area contributed by atoms with Crippen molar-refractivity contribution in [3.05, 3.63) is 91.0 Å². The molecule has 0 aliphatic carbocycles. The first-order valence-corrected chi connectivity index (χ1v) is 19.0. The Morgan fingerprint density at radius 3 is 1.42 bits per heavy atom. The molecular weight excluding hydrogens is 559 g/mol. The van der Waals surface area contributed by atoms with Gasteiger partial charge in [0.25, 0.3) is 5.91 Å². The van der Waals surface area contributed by atoms with E-state index in [1.807, 2.05) is 54.6 Å². The van der Waals surface area contributed by atoms with Crippen molar-refractivity contribution in [3.63, 3.8) is 0 Å². The second-order valence-electron chi connectivity index (χ2n) is 6.81. The normalized spacial score (nSPS) is 24.2. The molecular formula is C20H21Cl3N4O2P4. The van der Waals surface area contributed by atoms with Crippen molar-refractivity contribution in [2.24, 2.45) is 18.1 Å². The van der Waals surface area contributed by atoms with Gasteiger partial charge in [0.2, 0.25) is 0 Å². The van der Waals surface area contributed by atoms with Crippen LogP contribution in [0, 0.1) is 0 Å². The van der Waals surface area contributed by atoms with Crippen LogP contribution in [0.1, 0.15) is 0 Å². The number of rotatable bonds is 6. The molecule has 0 bridgehead atoms. The first-order chi connectivity index (χ1) is 15.8. The van der Waals surface area contributed by atoms with E-state index < -0.39 is 27.3 Å². The first-order valence-electron chi connectivity index (χ1n) is 9.69. The maximum atomic E-state index is 6.63. The van der Waals surface area contributed by atoms with Crippen molar-refractivity contribution in [3.8, 4) is 0 Å². The minimum absolute atomic E-state index is 1.01. The standard InChI is InChI=1S/C20H21Cl3N4O2P4/c1-28-32(23)25-31(21,22)26-33(27-32,29-2)24-30(18-12-6-3-7-13-18,19-14-8-4-9-15-19)20-16-10-5-11-17-20/h3-17H,1-2H3/t32-,33-/m0/s1. The molecule has 0 N–H and O–H groups in total. The highest BCUT2D eigenvalue weighted by atomic mass is 35.9. The SMILES string of the molecule is CO[P@]1(Cl)=N[P@@](N=P(c2ccccc2)(c2ccccc2)c2ccccc2)(OC)=NP(Cl)(Cl)=N1. The van der Waals surface area contributed by atoms with Crippen LogP contribution in [0.15, 0.2) is 109 Å². The molecule has 1 aliphatic heterocycles. The van der Waals surface area contributed by atoms with Crippen molar-refractivity contribution in [1.29, 1.82) is 0 Å². The number of hydrogen-bond acceptors (Lipinski definition) is 6. The number of benzene rings is 3. The molecule has 3 aromatic carbocycles. The van der Waals surface area contributed by atoms with Crippen LogP contribution in [0.25, 0.3) is 0 Å². The smallest absolute Gasteiger partial charge is 0.319 e. The molecule has 0 saturated heterocycles. The number of halogens is 3. The Hall–Kier alpha value is -0.630. The molecule has 0 unspecified atom stereocenters. The van der Waals surface area contributed by atoms with Crippen LogP contribution >= 0.6 is 61.1 Å². The molecule has 1 aliphatic rings. The van der Waals surface area contributed by atoms with E-state index in [1.165, 1.54) is 14.2 Å². The van der Waals surface area contributed by atoms with Crippen LogP contribution in [0.4, 0.5) is 0 Å². The zero-order valence-corrected chi connectivity index (χ0v) is 23.5. The third-order valence-corrected chi connectivity index (χ3v) is 20.3. The Morgan fingerprint density at radius 2 is 1.06 bits per heavy atom. The Kier molecular flexibility index (Phi) is 7.84. The lowest BCUT2D eigenvalue weighted by molar-refractivity contribution is 0.448. The fourth-order valence-corrected chi connectivity index (χ4v) is 21.4. The van der Waals surface area contributed by atoms with Gasteiger partial charge in [-0.1, -0.05) is 91.0 Å². The highest BCUT2D eigenvalue weighted by Gasteiger charge is 2.39. The van der Waals surface area contributed by atoms with E-state index in [1.54, 1.807) is 0 Å². The lowest BCUT2D eigenvalue weighted by Gasteiger charge is -2.31. The molecule has 13 heteroatoms. The van der Waals surface area contributed by atoms with Crippen molar-refractivity contribution >= 4 is 77.0 Å². The van der Waals surface area contributed by atoms with Crippen molar-refractivity contribution in [1.82, 2.24) is 0 Å². The van der Waals surface area contributed by atoms with Crippen LogP contribution in [-0.2, 0) is 9.05 Å². The zero-order chi connectivity index (χ0) is 23.6. The molecule has 6 nitrogen and oxygen atoms in total. The molecule has 0 spiro atoms. The molecule has 0 fully saturated rings. The summed E-state index contributed by atoms with van der Waals surface area (Å²) in [5, 5.41) is 3.03. The number of nitrogens with zero attached hydrogens (tertiary/aromatic N) is 4. The quantitative estimate of drug-likeness (QED) is 0.274. The average molecular weight is 580 g/mol. The van der Waals surface area contributed by atoms with E-state index in [0.29, 0.717) is 0 Å². The van der Waals surface area contributed by atoms with E-state index in [2.05, 4.69) is 49.9 Å². The summed E-state index contributed by atoms with van der Waals surface area (Å²) in [7, 11) is -3.12. The third-order valence-electron chi connectivity index (χ3n) is 4.79. The van der Waals surface area contributed by atoms with Gasteiger partial charge in [0.05, 0.1) is 7.05 Å². The van der Waals surface area contributed by atoms with E-state index in [9.17, 15) is 0 Å². The van der Waals surface area contributed by atoms with Gasteiger partial charge in [-0.3, -0.25) is 0 Å². The first kappa shape index (κ1) is 25.5. The van der Waals surface area contributed by atoms with Crippen LogP contribution in [0.2, 0.25) is 0 Å². The Labute approximate surface area is 208 Å². The maximum absolute atomic E-state index is 6.63. The predicted octanol–water partition coefficient (Wildman–Crippen LogP) is 9.03. The Bertz CT molecular complexity index is 1260. The average Bonchev–Trinajstić information content (AvgIpc) is 2.83. The van der Waals surface area contributed by atoms with Gasteiger partial charge in [0.1, 0.15) is 0 Å². The Balaban J connectivity index is 2.24. The lowest BCUT2D eigenvalue weighted by atomic mass is 10.4. The van der Waals surface area contributed by atoms with E-state index in [-0.39, 0.29) is 0 Å². The molecule has 0 saturated carbocycles. The van der Waals surface area contributed by atoms with Crippen molar-refractivity contribution in [2.75, 3.05) is 14.2 Å². The summed E-state index contributed by atoms with van der Waals surface area (Å²) in [4.78, 5) is 0. The maximum Gasteiger partial charge on any atom is 0.327 e. The van der Waals surface area contributed by atoms with Gasteiger partial charge in [-0.2, -0.15) is 13.5 Å². The summed E-state index contributed by atoms with van der Waals surface area (Å²) >= 11 is 19.7. The molecule has 174 valence electrons. The van der Waals surface area contributed by atoms with Crippen LogP contribution in [0.5, 0.6) is 0 Å². The van der Waals surface area contributed by atoms with Gasteiger partial charge in [0.15, 0.2) is 0 Å². The molecule has 2 atom stereocenters. The van der Waals surface area contributed by atoms with E-state index in [0.717, 1.165) is 15.9 Å². The van der Waals surface area contributed by atoms with Crippen LogP contribution in [0.3, 0.4) is 0 Å². The topological polar surface area (TPSA) is 67.9 Å². The fourth-order valence-electron chi connectivity index (χ4n) is 3.40. The molecule has 0 radical (unpaired) electrons. The second-order valence-corrected chi connectivity index (χ2v) is 20.8. The minimum Gasteiger partial charge on any atom is -0.319 e. The molecule has 0 amide bonds. The van der Waals surface area contributed by atoms with Gasteiger partial charge >= 0.3 is 14.4 Å². The minimum atomic E-state index is -3.34. The van der Waals surface area contributed by atoms with Crippen molar-refractivity contribution in [2.45, 2.75) is 0 Å². The monoisotopic (exact) mass is 578 g/mol. The Morgan fingerprint density at radius 1 is 0.636 bits per heavy atom. The van der Waals surface area contributed by atoms with Gasteiger partial charge in [-0.25, -0.2) is 4.52 Å². The third kappa shape index (κ3) is 5.31. The van der Waals surface area contributed by atoms with E-state index >= 15 is 0 Å². The predicted molar refractivity (Wildman–Crippen MR) is 147 cm³/mol. The second kappa shape index (κ2) is 10.2. The van der Waals surface area contributed by atoms with Crippen LogP contribution in [-0.4, -0.2) is 14.2 Å². The highest BCUT2D eigenvalue weighted by molar-refractivity contribution is 8.15. The summed E-state index contributed by atoms with van der Waals surface area (Å²) in [6.45, 7) is -3.20. The molecule has 3 aromatic rings. The van der Waals surface area contributed by atoms with Gasteiger partial charge in [-0.05, 0) is 33.7 Å². The van der Waals surface area contributed by atoms with Crippen molar-refractivity contribution < 1.29 is 9.05 Å². The van der Waals surface area contributed by atoms with Gasteiger partial charge in [-0.15, -0.1) is 0 Å². The summed E-state index contributed by atoms with van der Waals surface area (Å²) in [6.07, 6.45) is 0. The summed E-state index contributed by atoms with van der Waals surface area (Å²) in [6, 6.07) is 30.2. The number of hydrogen-bond donors (Lipinski definition) is 0. The van der Waals surface area contributed by atoms with Crippen LogP contribution < -0.4 is 15.9 Å². The summed E-state index contributed by atoms with van der Waals surface area (Å²) < 4.78 is 30.3. The molecule has 4 rings (SSSR count).